The second-order valence-corrected chi connectivity index (χ2v) is 11.3. The summed E-state index contributed by atoms with van der Waals surface area (Å²) in [6.07, 6.45) is 8.90. The first kappa shape index (κ1) is 20.8. The zero-order valence-electron chi connectivity index (χ0n) is 18.7. The Hall–Kier alpha value is -2.52. The maximum Gasteiger partial charge on any atom is 0.335 e. The van der Waals surface area contributed by atoms with Gasteiger partial charge in [-0.1, -0.05) is 16.5 Å². The van der Waals surface area contributed by atoms with Crippen molar-refractivity contribution in [3.05, 3.63) is 40.5 Å². The van der Waals surface area contributed by atoms with Gasteiger partial charge in [0.15, 0.2) is 10.9 Å². The minimum Gasteiger partial charge on any atom is -0.478 e. The standard InChI is InChI=1S/C25H26FN3O4S/c26-19-7-14(24(30)31)8-20-22(19)27-25(34-20)29-15-5-6-16(29)10-17(9-15)32-11-18-21(12-1-2-12)28-33-23(18)13-3-4-13/h7-8,12-13,15-17H,1-6,9-11H2,(H,30,31)/t15-,16?,17-/m0/s1. The number of thiazole rings is 1. The lowest BCUT2D eigenvalue weighted by molar-refractivity contribution is 0.0142. The first-order chi connectivity index (χ1) is 16.5. The number of hydrogen-bond acceptors (Lipinski definition) is 7. The van der Waals surface area contributed by atoms with Crippen molar-refractivity contribution in [1.29, 1.82) is 0 Å². The molecular weight excluding hydrogens is 457 g/mol. The van der Waals surface area contributed by atoms with E-state index in [0.717, 1.165) is 48.3 Å². The van der Waals surface area contributed by atoms with E-state index in [2.05, 4.69) is 15.0 Å². The normalized spacial score (nSPS) is 26.5. The highest BCUT2D eigenvalue weighted by molar-refractivity contribution is 7.22. The van der Waals surface area contributed by atoms with Crippen molar-refractivity contribution in [2.45, 2.75) is 88.0 Å². The van der Waals surface area contributed by atoms with Crippen molar-refractivity contribution >= 4 is 32.7 Å². The molecule has 2 saturated heterocycles. The van der Waals surface area contributed by atoms with Gasteiger partial charge in [0.25, 0.3) is 0 Å². The molecule has 2 bridgehead atoms. The Balaban J connectivity index is 1.08. The molecule has 1 unspecified atom stereocenters. The average molecular weight is 484 g/mol. The molecule has 4 aliphatic rings. The molecule has 2 aromatic heterocycles. The topological polar surface area (TPSA) is 88.7 Å². The summed E-state index contributed by atoms with van der Waals surface area (Å²) >= 11 is 1.38. The second kappa shape index (κ2) is 7.75. The van der Waals surface area contributed by atoms with Crippen molar-refractivity contribution < 1.29 is 23.6 Å². The van der Waals surface area contributed by atoms with Crippen LogP contribution in [0.15, 0.2) is 16.7 Å². The smallest absolute Gasteiger partial charge is 0.335 e. The Bertz CT molecular complexity index is 1240. The number of fused-ring (bicyclic) bond motifs is 3. The zero-order valence-corrected chi connectivity index (χ0v) is 19.5. The van der Waals surface area contributed by atoms with E-state index < -0.39 is 11.8 Å². The first-order valence-electron chi connectivity index (χ1n) is 12.3. The molecule has 4 heterocycles. The molecule has 7 nitrogen and oxygen atoms in total. The molecule has 4 fully saturated rings. The van der Waals surface area contributed by atoms with Gasteiger partial charge in [0.05, 0.1) is 28.7 Å². The molecule has 2 aliphatic heterocycles. The fourth-order valence-corrected chi connectivity index (χ4v) is 6.97. The van der Waals surface area contributed by atoms with Gasteiger partial charge in [-0.25, -0.2) is 14.2 Å². The molecule has 0 spiro atoms. The minimum absolute atomic E-state index is 0.0415. The van der Waals surface area contributed by atoms with Gasteiger partial charge < -0.3 is 19.3 Å². The largest absolute Gasteiger partial charge is 0.478 e. The summed E-state index contributed by atoms with van der Waals surface area (Å²) in [4.78, 5) is 18.2. The fraction of sp³-hybridized carbons (Fsp3) is 0.560. The van der Waals surface area contributed by atoms with Crippen LogP contribution in [-0.4, -0.2) is 39.4 Å². The highest BCUT2D eigenvalue weighted by atomic mass is 32.1. The van der Waals surface area contributed by atoms with Gasteiger partial charge >= 0.3 is 5.97 Å². The molecule has 0 amide bonds. The number of aromatic carboxylic acids is 1. The number of rotatable bonds is 7. The van der Waals surface area contributed by atoms with Crippen LogP contribution in [0, 0.1) is 5.82 Å². The van der Waals surface area contributed by atoms with E-state index >= 15 is 0 Å². The summed E-state index contributed by atoms with van der Waals surface area (Å²) in [5.41, 5.74) is 2.55. The van der Waals surface area contributed by atoms with Crippen LogP contribution >= 0.6 is 11.3 Å². The zero-order chi connectivity index (χ0) is 23.0. The average Bonchev–Trinajstić information content (AvgIpc) is 3.74. The molecule has 3 atom stereocenters. The van der Waals surface area contributed by atoms with Crippen molar-refractivity contribution in [2.24, 2.45) is 0 Å². The van der Waals surface area contributed by atoms with Gasteiger partial charge in [-0.15, -0.1) is 0 Å². The van der Waals surface area contributed by atoms with Gasteiger partial charge in [-0.3, -0.25) is 0 Å². The quantitative estimate of drug-likeness (QED) is 0.468. The fourth-order valence-electron chi connectivity index (χ4n) is 5.81. The molecule has 34 heavy (non-hydrogen) atoms. The van der Waals surface area contributed by atoms with Gasteiger partial charge in [0.1, 0.15) is 11.3 Å². The van der Waals surface area contributed by atoms with Crippen molar-refractivity contribution in [3.8, 4) is 0 Å². The number of carbonyl (C=O) groups is 1. The lowest BCUT2D eigenvalue weighted by atomic mass is 10.00. The van der Waals surface area contributed by atoms with Gasteiger partial charge in [0.2, 0.25) is 0 Å². The molecule has 0 radical (unpaired) electrons. The van der Waals surface area contributed by atoms with Crippen molar-refractivity contribution in [1.82, 2.24) is 10.1 Å². The lowest BCUT2D eigenvalue weighted by Crippen LogP contribution is -2.45. The molecule has 3 aromatic rings. The number of aromatic nitrogens is 2. The Kier molecular flexibility index (Phi) is 4.74. The minimum atomic E-state index is -1.13. The van der Waals surface area contributed by atoms with E-state index in [1.165, 1.54) is 48.6 Å². The Morgan fingerprint density at radius 1 is 1.15 bits per heavy atom. The van der Waals surface area contributed by atoms with E-state index in [9.17, 15) is 14.3 Å². The predicted molar refractivity (Wildman–Crippen MR) is 124 cm³/mol. The third-order valence-corrected chi connectivity index (χ3v) is 8.84. The van der Waals surface area contributed by atoms with Crippen LogP contribution in [0.25, 0.3) is 10.2 Å². The van der Waals surface area contributed by atoms with E-state index in [0.29, 0.717) is 35.2 Å². The van der Waals surface area contributed by atoms with Gasteiger partial charge in [-0.2, -0.15) is 0 Å². The van der Waals surface area contributed by atoms with E-state index in [1.807, 2.05) is 0 Å². The molecule has 178 valence electrons. The SMILES string of the molecule is O=C(O)c1cc(F)c2nc(N3C4CC[C@H]3C[C@H](OCc3c(C5CC5)noc3C3CC3)C4)sc2c1. The maximum atomic E-state index is 14.5. The molecule has 2 aliphatic carbocycles. The number of carboxylic acids is 1. The van der Waals surface area contributed by atoms with Crippen LogP contribution in [0.3, 0.4) is 0 Å². The van der Waals surface area contributed by atoms with Crippen LogP contribution in [0.1, 0.15) is 90.6 Å². The highest BCUT2D eigenvalue weighted by Gasteiger charge is 2.43. The van der Waals surface area contributed by atoms with Crippen molar-refractivity contribution in [2.75, 3.05) is 4.90 Å². The molecule has 2 saturated carbocycles. The molecule has 7 rings (SSSR count). The van der Waals surface area contributed by atoms with Gasteiger partial charge in [-0.05, 0) is 63.5 Å². The summed E-state index contributed by atoms with van der Waals surface area (Å²) in [7, 11) is 0. The molecule has 1 N–H and O–H groups in total. The summed E-state index contributed by atoms with van der Waals surface area (Å²) in [6.45, 7) is 0.579. The number of anilines is 1. The van der Waals surface area contributed by atoms with Crippen LogP contribution in [-0.2, 0) is 11.3 Å². The second-order valence-electron chi connectivity index (χ2n) is 10.3. The van der Waals surface area contributed by atoms with Gasteiger partial charge in [0, 0.05) is 29.5 Å². The molecule has 9 heteroatoms. The van der Waals surface area contributed by atoms with Crippen molar-refractivity contribution in [3.63, 3.8) is 0 Å². The number of benzene rings is 1. The van der Waals surface area contributed by atoms with Crippen LogP contribution in [0.4, 0.5) is 9.52 Å². The van der Waals surface area contributed by atoms with E-state index in [4.69, 9.17) is 9.26 Å². The summed E-state index contributed by atoms with van der Waals surface area (Å²) in [6, 6.07) is 3.19. The highest BCUT2D eigenvalue weighted by Crippen LogP contribution is 2.48. The first-order valence-corrected chi connectivity index (χ1v) is 13.1. The van der Waals surface area contributed by atoms with Crippen LogP contribution in [0.5, 0.6) is 0 Å². The number of hydrogen-bond donors (Lipinski definition) is 1. The third kappa shape index (κ3) is 3.51. The summed E-state index contributed by atoms with van der Waals surface area (Å²) in [5, 5.41) is 14.4. The monoisotopic (exact) mass is 483 g/mol. The van der Waals surface area contributed by atoms with Crippen LogP contribution < -0.4 is 4.90 Å². The van der Waals surface area contributed by atoms with Crippen LogP contribution in [0.2, 0.25) is 0 Å². The summed E-state index contributed by atoms with van der Waals surface area (Å²) < 4.78 is 27.3. The Morgan fingerprint density at radius 3 is 2.56 bits per heavy atom. The lowest BCUT2D eigenvalue weighted by Gasteiger charge is -2.38. The molecule has 1 aromatic carbocycles. The Labute approximate surface area is 199 Å². The van der Waals surface area contributed by atoms with E-state index in [1.54, 1.807) is 0 Å². The number of carboxylic acid groups (broad SMARTS) is 1. The Morgan fingerprint density at radius 2 is 1.88 bits per heavy atom. The summed E-state index contributed by atoms with van der Waals surface area (Å²) in [5.74, 6) is 0.428. The third-order valence-electron chi connectivity index (χ3n) is 7.82. The number of halogens is 1. The maximum absolute atomic E-state index is 14.5. The number of ether oxygens (including phenoxy) is 1. The predicted octanol–water partition coefficient (Wildman–Crippen LogP) is 5.59. The molecular formula is C25H26FN3O4S. The number of piperidine rings is 1. The van der Waals surface area contributed by atoms with E-state index in [-0.39, 0.29) is 17.2 Å². The number of nitrogens with zero attached hydrogens (tertiary/aromatic N) is 3.